The molecule has 0 N–H and O–H groups in total. The first-order valence-electron chi connectivity index (χ1n) is 18.0. The van der Waals surface area contributed by atoms with Gasteiger partial charge in [0, 0.05) is 40.0 Å². The molecule has 0 unspecified atom stereocenters. The highest BCUT2D eigenvalue weighted by molar-refractivity contribution is 5.78. The summed E-state index contributed by atoms with van der Waals surface area (Å²) in [5.74, 6) is 0.243. The summed E-state index contributed by atoms with van der Waals surface area (Å²) >= 11 is 0. The molecular weight excluding hydrogens is 617 g/mol. The second kappa shape index (κ2) is 15.4. The first kappa shape index (κ1) is 33.6. The summed E-state index contributed by atoms with van der Waals surface area (Å²) in [5.41, 5.74) is 15.9. The minimum absolute atomic E-state index is 0.243. The third-order valence-electron chi connectivity index (χ3n) is 9.84. The molecule has 0 bridgehead atoms. The summed E-state index contributed by atoms with van der Waals surface area (Å²) in [5, 5.41) is 0. The topological polar surface area (TPSA) is 6.48 Å². The van der Waals surface area contributed by atoms with E-state index < -0.39 is 0 Å². The second-order valence-corrected chi connectivity index (χ2v) is 13.8. The number of hydrogen-bond donors (Lipinski definition) is 0. The lowest BCUT2D eigenvalue weighted by Crippen LogP contribution is -2.11. The summed E-state index contributed by atoms with van der Waals surface area (Å²) in [6.45, 7) is 8.55. The average Bonchev–Trinajstić information content (AvgIpc) is 3.16. The van der Waals surface area contributed by atoms with E-state index in [-0.39, 0.29) is 5.92 Å². The molecule has 7 aromatic carbocycles. The van der Waals surface area contributed by atoms with Crippen molar-refractivity contribution in [1.82, 2.24) is 0 Å². The third-order valence-corrected chi connectivity index (χ3v) is 9.84. The lowest BCUT2D eigenvalue weighted by atomic mass is 9.86. The molecule has 252 valence electrons. The zero-order valence-corrected chi connectivity index (χ0v) is 30.1. The molecule has 0 aromatic heterocycles. The summed E-state index contributed by atoms with van der Waals surface area (Å²) in [4.78, 5) is 4.70. The lowest BCUT2D eigenvalue weighted by molar-refractivity contribution is 0.715. The zero-order chi connectivity index (χ0) is 35.2. The van der Waals surface area contributed by atoms with Gasteiger partial charge in [-0.2, -0.15) is 0 Å². The molecule has 0 spiro atoms. The van der Waals surface area contributed by atoms with Gasteiger partial charge in [-0.1, -0.05) is 125 Å². The van der Waals surface area contributed by atoms with E-state index in [9.17, 15) is 0 Å². The first-order valence-corrected chi connectivity index (χ1v) is 18.0. The summed E-state index contributed by atoms with van der Waals surface area (Å²) < 4.78 is 0. The van der Waals surface area contributed by atoms with Crippen molar-refractivity contribution in [3.05, 3.63) is 215 Å². The largest absolute Gasteiger partial charge is 0.311 e. The van der Waals surface area contributed by atoms with E-state index in [1.54, 1.807) is 0 Å². The van der Waals surface area contributed by atoms with Crippen molar-refractivity contribution in [3.63, 3.8) is 0 Å². The minimum Gasteiger partial charge on any atom is -0.311 e. The van der Waals surface area contributed by atoms with E-state index >= 15 is 0 Å². The van der Waals surface area contributed by atoms with Crippen molar-refractivity contribution in [2.45, 2.75) is 46.5 Å². The Morgan fingerprint density at radius 2 is 0.608 bits per heavy atom. The van der Waals surface area contributed by atoms with Crippen molar-refractivity contribution in [3.8, 4) is 0 Å². The van der Waals surface area contributed by atoms with Crippen LogP contribution in [0.15, 0.2) is 176 Å². The van der Waals surface area contributed by atoms with Crippen LogP contribution in [0.1, 0.15) is 51.3 Å². The molecule has 0 amide bonds. The van der Waals surface area contributed by atoms with Crippen molar-refractivity contribution >= 4 is 34.1 Å². The van der Waals surface area contributed by atoms with Crippen molar-refractivity contribution in [1.29, 1.82) is 0 Å². The van der Waals surface area contributed by atoms with Gasteiger partial charge in [0.1, 0.15) is 0 Å². The molecule has 0 atom stereocenters. The van der Waals surface area contributed by atoms with E-state index in [1.165, 1.54) is 38.9 Å². The van der Waals surface area contributed by atoms with Gasteiger partial charge in [0.25, 0.3) is 0 Å². The smallest absolute Gasteiger partial charge is 0.0461 e. The predicted molar refractivity (Wildman–Crippen MR) is 218 cm³/mol. The monoisotopic (exact) mass is 662 g/mol. The Labute approximate surface area is 304 Å². The summed E-state index contributed by atoms with van der Waals surface area (Å²) in [6, 6.07) is 64.5. The molecule has 0 aliphatic rings. The molecule has 0 saturated carbocycles. The van der Waals surface area contributed by atoms with E-state index in [1.807, 2.05) is 0 Å². The van der Waals surface area contributed by atoms with Crippen LogP contribution in [0.2, 0.25) is 0 Å². The number of anilines is 6. The average molecular weight is 663 g/mol. The third kappa shape index (κ3) is 7.97. The molecule has 7 rings (SSSR count). The fourth-order valence-corrected chi connectivity index (χ4v) is 6.86. The van der Waals surface area contributed by atoms with Crippen LogP contribution in [0.3, 0.4) is 0 Å². The van der Waals surface area contributed by atoms with Crippen LogP contribution in [-0.2, 0) is 6.42 Å². The quantitative estimate of drug-likeness (QED) is 0.136. The summed E-state index contributed by atoms with van der Waals surface area (Å²) in [6.07, 6.45) is 2.02. The fourth-order valence-electron chi connectivity index (χ4n) is 6.86. The first-order chi connectivity index (χ1) is 24.9. The van der Waals surface area contributed by atoms with Crippen LogP contribution >= 0.6 is 0 Å². The Morgan fingerprint density at radius 1 is 0.333 bits per heavy atom. The van der Waals surface area contributed by atoms with Gasteiger partial charge < -0.3 is 9.80 Å². The molecule has 0 radical (unpaired) electrons. The molecule has 7 aromatic rings. The number of aryl methyl sites for hydroxylation is 5. The van der Waals surface area contributed by atoms with Crippen LogP contribution in [0.25, 0.3) is 0 Å². The molecular formula is C49H46N2. The van der Waals surface area contributed by atoms with E-state index in [4.69, 9.17) is 0 Å². The second-order valence-electron chi connectivity index (χ2n) is 13.8. The highest BCUT2D eigenvalue weighted by Gasteiger charge is 2.19. The molecule has 0 aliphatic heterocycles. The number of rotatable bonds is 11. The normalized spacial score (nSPS) is 11.1. The van der Waals surface area contributed by atoms with Crippen LogP contribution in [0.5, 0.6) is 0 Å². The standard InChI is InChI=1S/C49H46N2/c1-36-10-23-43(24-11-36)50(44-25-12-37(2)13-26-44)47-31-19-41(20-32-47)49(35-18-40-8-6-5-7-9-40)42-21-33-48(34-22-42)51(45-27-14-38(3)15-28-45)46-29-16-39(4)17-30-46/h5-17,19-34,49H,18,35H2,1-4H3. The molecule has 0 heterocycles. The zero-order valence-electron chi connectivity index (χ0n) is 30.1. The molecule has 0 aliphatic carbocycles. The predicted octanol–water partition coefficient (Wildman–Crippen LogP) is 13.6. The molecule has 0 fully saturated rings. The maximum absolute atomic E-state index is 2.35. The van der Waals surface area contributed by atoms with Gasteiger partial charge in [-0.15, -0.1) is 0 Å². The highest BCUT2D eigenvalue weighted by Crippen LogP contribution is 2.39. The van der Waals surface area contributed by atoms with Gasteiger partial charge in [-0.25, -0.2) is 0 Å². The maximum atomic E-state index is 2.35. The van der Waals surface area contributed by atoms with Crippen LogP contribution in [0.4, 0.5) is 34.1 Å². The van der Waals surface area contributed by atoms with Gasteiger partial charge in [0.2, 0.25) is 0 Å². The van der Waals surface area contributed by atoms with Crippen molar-refractivity contribution in [2.75, 3.05) is 9.80 Å². The molecule has 2 nitrogen and oxygen atoms in total. The van der Waals surface area contributed by atoms with Crippen LogP contribution in [0, 0.1) is 27.7 Å². The molecule has 2 heteroatoms. The SMILES string of the molecule is Cc1ccc(N(c2ccc(C)cc2)c2ccc(C(CCc3ccccc3)c3ccc(N(c4ccc(C)cc4)c4ccc(C)cc4)cc3)cc2)cc1. The Hall–Kier alpha value is -5.86. The van der Waals surface area contributed by atoms with Crippen molar-refractivity contribution in [2.24, 2.45) is 0 Å². The lowest BCUT2D eigenvalue weighted by Gasteiger charge is -2.27. The van der Waals surface area contributed by atoms with Gasteiger partial charge >= 0.3 is 0 Å². The van der Waals surface area contributed by atoms with E-state index in [0.717, 1.165) is 47.0 Å². The van der Waals surface area contributed by atoms with Gasteiger partial charge in [-0.05, 0) is 130 Å². The number of benzene rings is 7. The van der Waals surface area contributed by atoms with Gasteiger partial charge in [-0.3, -0.25) is 0 Å². The maximum Gasteiger partial charge on any atom is 0.0461 e. The van der Waals surface area contributed by atoms with E-state index in [2.05, 4.69) is 213 Å². The number of nitrogens with zero attached hydrogens (tertiary/aromatic N) is 2. The van der Waals surface area contributed by atoms with Crippen LogP contribution < -0.4 is 9.80 Å². The van der Waals surface area contributed by atoms with Crippen LogP contribution in [-0.4, -0.2) is 0 Å². The summed E-state index contributed by atoms with van der Waals surface area (Å²) in [7, 11) is 0. The van der Waals surface area contributed by atoms with Crippen molar-refractivity contribution < 1.29 is 0 Å². The Kier molecular flexibility index (Phi) is 10.1. The minimum atomic E-state index is 0.243. The fraction of sp³-hybridized carbons (Fsp3) is 0.143. The van der Waals surface area contributed by atoms with Gasteiger partial charge in [0.05, 0.1) is 0 Å². The Balaban J connectivity index is 1.24. The van der Waals surface area contributed by atoms with Gasteiger partial charge in [0.15, 0.2) is 0 Å². The molecule has 0 saturated heterocycles. The Morgan fingerprint density at radius 3 is 0.902 bits per heavy atom. The highest BCUT2D eigenvalue weighted by atomic mass is 15.1. The molecule has 51 heavy (non-hydrogen) atoms. The Bertz CT molecular complexity index is 1900. The number of hydrogen-bond acceptors (Lipinski definition) is 2. The van der Waals surface area contributed by atoms with E-state index in [0.29, 0.717) is 0 Å².